The van der Waals surface area contributed by atoms with Crippen LogP contribution in [0.4, 0.5) is 15.0 Å². The summed E-state index contributed by atoms with van der Waals surface area (Å²) in [7, 11) is 0. The van der Waals surface area contributed by atoms with Gasteiger partial charge in [0.15, 0.2) is 5.82 Å². The monoisotopic (exact) mass is 493 g/mol. The summed E-state index contributed by atoms with van der Waals surface area (Å²) in [5.74, 6) is -0.576. The fourth-order valence-corrected chi connectivity index (χ4v) is 4.67. The molecule has 0 bridgehead atoms. The van der Waals surface area contributed by atoms with Gasteiger partial charge in [0.25, 0.3) is 5.91 Å². The Morgan fingerprint density at radius 2 is 1.94 bits per heavy atom. The quantitative estimate of drug-likeness (QED) is 0.565. The highest BCUT2D eigenvalue weighted by Crippen LogP contribution is 2.26. The zero-order chi connectivity index (χ0) is 25.2. The molecule has 3 amide bonds. The Bertz CT molecular complexity index is 1290. The fraction of sp³-hybridized carbons (Fsp3) is 0.400. The Morgan fingerprint density at radius 3 is 2.72 bits per heavy atom. The van der Waals surface area contributed by atoms with E-state index in [0.717, 1.165) is 37.1 Å². The number of fused-ring (bicyclic) bond motifs is 1. The van der Waals surface area contributed by atoms with Crippen LogP contribution in [0.15, 0.2) is 36.7 Å². The summed E-state index contributed by atoms with van der Waals surface area (Å²) in [6, 6.07) is 7.69. The second-order valence-corrected chi connectivity index (χ2v) is 9.20. The molecule has 10 nitrogen and oxygen atoms in total. The summed E-state index contributed by atoms with van der Waals surface area (Å²) >= 11 is 0. The first-order valence-electron chi connectivity index (χ1n) is 12.1. The highest BCUT2D eigenvalue weighted by Gasteiger charge is 2.28. The molecule has 4 heterocycles. The van der Waals surface area contributed by atoms with E-state index in [1.165, 1.54) is 18.5 Å². The van der Waals surface area contributed by atoms with Crippen molar-refractivity contribution >= 4 is 17.8 Å². The Labute approximate surface area is 207 Å². The van der Waals surface area contributed by atoms with Crippen molar-refractivity contribution in [1.29, 1.82) is 0 Å². The summed E-state index contributed by atoms with van der Waals surface area (Å²) < 4.78 is 16.6. The van der Waals surface area contributed by atoms with Gasteiger partial charge in [-0.1, -0.05) is 6.07 Å². The van der Waals surface area contributed by atoms with Crippen LogP contribution in [-0.4, -0.2) is 72.8 Å². The molecule has 3 aromatic rings. The first-order valence-corrected chi connectivity index (χ1v) is 12.1. The van der Waals surface area contributed by atoms with Crippen molar-refractivity contribution in [2.24, 2.45) is 0 Å². The Kier molecular flexibility index (Phi) is 6.64. The summed E-state index contributed by atoms with van der Waals surface area (Å²) in [6.07, 6.45) is 4.08. The minimum absolute atomic E-state index is 0.00198. The van der Waals surface area contributed by atoms with E-state index in [9.17, 15) is 19.1 Å². The summed E-state index contributed by atoms with van der Waals surface area (Å²) in [5.41, 5.74) is 1.93. The predicted octanol–water partition coefficient (Wildman–Crippen LogP) is 2.86. The van der Waals surface area contributed by atoms with E-state index in [1.807, 2.05) is 11.8 Å². The molecule has 0 saturated carbocycles. The lowest BCUT2D eigenvalue weighted by atomic mass is 9.96. The van der Waals surface area contributed by atoms with E-state index in [-0.39, 0.29) is 30.1 Å². The molecule has 2 aliphatic rings. The molecule has 1 fully saturated rings. The molecule has 2 aliphatic heterocycles. The molecule has 188 valence electrons. The molecule has 1 unspecified atom stereocenters. The molecule has 2 N–H and O–H groups in total. The van der Waals surface area contributed by atoms with Gasteiger partial charge >= 0.3 is 6.03 Å². The van der Waals surface area contributed by atoms with E-state index < -0.39 is 11.7 Å². The zero-order valence-corrected chi connectivity index (χ0v) is 20.0. The van der Waals surface area contributed by atoms with Gasteiger partial charge < -0.3 is 24.8 Å². The Hall–Kier alpha value is -3.86. The Morgan fingerprint density at radius 1 is 1.14 bits per heavy atom. The number of aliphatic hydroxyl groups is 1. The number of nitrogens with one attached hydrogen (secondary N) is 1. The van der Waals surface area contributed by atoms with Gasteiger partial charge in [0, 0.05) is 26.2 Å². The Balaban J connectivity index is 1.34. The number of carbonyl (C=O) groups is 2. The van der Waals surface area contributed by atoms with Crippen LogP contribution < -0.4 is 5.32 Å². The number of aromatic nitrogens is 4. The van der Waals surface area contributed by atoms with E-state index in [2.05, 4.69) is 20.5 Å². The number of urea groups is 1. The lowest BCUT2D eigenvalue weighted by molar-refractivity contribution is 0.102. The first-order chi connectivity index (χ1) is 17.4. The number of rotatable bonds is 5. The number of carbonyl (C=O) groups excluding carboxylic acids is 2. The van der Waals surface area contributed by atoms with Crippen molar-refractivity contribution in [2.45, 2.75) is 38.8 Å². The van der Waals surface area contributed by atoms with Crippen LogP contribution in [-0.2, 0) is 13.0 Å². The van der Waals surface area contributed by atoms with Crippen LogP contribution in [0, 0.1) is 5.82 Å². The van der Waals surface area contributed by atoms with Crippen molar-refractivity contribution in [2.75, 3.05) is 31.6 Å². The highest BCUT2D eigenvalue weighted by molar-refractivity contribution is 6.04. The average Bonchev–Trinajstić information content (AvgIpc) is 3.60. The number of amides is 3. The first kappa shape index (κ1) is 23.9. The standard InChI is InChI=1S/C25H28FN7O3/c1-16(14-34)33-15-27-30-23(33)21-5-4-6-22(28-21)29-24(35)19-11-18-13-32(10-7-17(18)12-20(19)26)25(36)31-8-2-3-9-31/h4-6,11-12,15-16,34H,2-3,7-10,13-14H2,1H3,(H,28,29,35). The molecule has 36 heavy (non-hydrogen) atoms. The highest BCUT2D eigenvalue weighted by atomic mass is 19.1. The summed E-state index contributed by atoms with van der Waals surface area (Å²) in [5, 5.41) is 20.1. The van der Waals surface area contributed by atoms with Crippen molar-refractivity contribution < 1.29 is 19.1 Å². The smallest absolute Gasteiger partial charge is 0.320 e. The second-order valence-electron chi connectivity index (χ2n) is 9.20. The van der Waals surface area contributed by atoms with Gasteiger partial charge in [-0.2, -0.15) is 0 Å². The predicted molar refractivity (Wildman–Crippen MR) is 130 cm³/mol. The third kappa shape index (κ3) is 4.66. The van der Waals surface area contributed by atoms with Gasteiger partial charge in [0.2, 0.25) is 0 Å². The average molecular weight is 494 g/mol. The summed E-state index contributed by atoms with van der Waals surface area (Å²) in [4.78, 5) is 33.9. The van der Waals surface area contributed by atoms with Gasteiger partial charge in [-0.15, -0.1) is 10.2 Å². The number of benzene rings is 1. The SMILES string of the molecule is CC(CO)n1cnnc1-c1cccc(NC(=O)c2cc3c(cc2F)CCN(C(=O)N2CCCC2)C3)n1. The maximum atomic E-state index is 14.9. The van der Waals surface area contributed by atoms with Crippen LogP contribution in [0.25, 0.3) is 11.5 Å². The molecule has 1 saturated heterocycles. The minimum atomic E-state index is -0.631. The molecule has 0 spiro atoms. The molecule has 1 aromatic carbocycles. The molecule has 5 rings (SSSR count). The van der Waals surface area contributed by atoms with Crippen molar-refractivity contribution in [3.63, 3.8) is 0 Å². The van der Waals surface area contributed by atoms with Crippen molar-refractivity contribution in [1.82, 2.24) is 29.5 Å². The van der Waals surface area contributed by atoms with Crippen LogP contribution >= 0.6 is 0 Å². The number of likely N-dealkylation sites (tertiary alicyclic amines) is 1. The molecule has 1 atom stereocenters. The second kappa shape index (κ2) is 10.0. The molecule has 11 heteroatoms. The minimum Gasteiger partial charge on any atom is -0.394 e. The number of anilines is 1. The third-order valence-electron chi connectivity index (χ3n) is 6.73. The number of nitrogens with zero attached hydrogens (tertiary/aromatic N) is 6. The van der Waals surface area contributed by atoms with Gasteiger partial charge in [-0.3, -0.25) is 4.79 Å². The maximum Gasteiger partial charge on any atom is 0.320 e. The maximum absolute atomic E-state index is 14.9. The van der Waals surface area contributed by atoms with Gasteiger partial charge in [-0.05, 0) is 61.6 Å². The molecule has 0 aliphatic carbocycles. The lowest BCUT2D eigenvalue weighted by Crippen LogP contribution is -2.44. The third-order valence-corrected chi connectivity index (χ3v) is 6.73. The number of aliphatic hydroxyl groups excluding tert-OH is 1. The number of pyridine rings is 1. The van der Waals surface area contributed by atoms with E-state index in [4.69, 9.17) is 0 Å². The van der Waals surface area contributed by atoms with Crippen LogP contribution in [0.5, 0.6) is 0 Å². The molecule has 0 radical (unpaired) electrons. The van der Waals surface area contributed by atoms with Gasteiger partial charge in [0.05, 0.1) is 18.2 Å². The molecular weight excluding hydrogens is 465 g/mol. The van der Waals surface area contributed by atoms with Crippen LogP contribution in [0.3, 0.4) is 0 Å². The van der Waals surface area contributed by atoms with E-state index >= 15 is 0 Å². The normalized spacial score (nSPS) is 16.1. The number of hydrogen-bond donors (Lipinski definition) is 2. The molecular formula is C25H28FN7O3. The van der Waals surface area contributed by atoms with Crippen LogP contribution in [0.1, 0.15) is 47.3 Å². The van der Waals surface area contributed by atoms with Crippen molar-refractivity contribution in [3.8, 4) is 11.5 Å². The van der Waals surface area contributed by atoms with Gasteiger partial charge in [0.1, 0.15) is 23.7 Å². The lowest BCUT2D eigenvalue weighted by Gasteiger charge is -2.32. The fourth-order valence-electron chi connectivity index (χ4n) is 4.67. The van der Waals surface area contributed by atoms with E-state index in [0.29, 0.717) is 31.0 Å². The van der Waals surface area contributed by atoms with E-state index in [1.54, 1.807) is 27.7 Å². The molecule has 2 aromatic heterocycles. The topological polar surface area (TPSA) is 116 Å². The largest absolute Gasteiger partial charge is 0.394 e. The van der Waals surface area contributed by atoms with Crippen molar-refractivity contribution in [3.05, 3.63) is 59.2 Å². The van der Waals surface area contributed by atoms with Crippen LogP contribution in [0.2, 0.25) is 0 Å². The number of hydrogen-bond acceptors (Lipinski definition) is 6. The zero-order valence-electron chi connectivity index (χ0n) is 20.0. The summed E-state index contributed by atoms with van der Waals surface area (Å²) in [6.45, 7) is 4.12. The number of halogens is 1. The van der Waals surface area contributed by atoms with Gasteiger partial charge in [-0.25, -0.2) is 14.2 Å².